The predicted octanol–water partition coefficient (Wildman–Crippen LogP) is 2.68. The molecule has 0 aliphatic heterocycles. The number of ether oxygens (including phenoxy) is 1. The number of aromatic nitrogens is 3. The van der Waals surface area contributed by atoms with Crippen LogP contribution in [0.4, 0.5) is 5.69 Å². The van der Waals surface area contributed by atoms with Crippen molar-refractivity contribution in [2.75, 3.05) is 11.9 Å². The van der Waals surface area contributed by atoms with Gasteiger partial charge >= 0.3 is 5.97 Å². The van der Waals surface area contributed by atoms with Gasteiger partial charge in [-0.15, -0.1) is 5.10 Å². The summed E-state index contributed by atoms with van der Waals surface area (Å²) in [4.78, 5) is 11.6. The summed E-state index contributed by atoms with van der Waals surface area (Å²) in [6, 6.07) is 14.9. The van der Waals surface area contributed by atoms with E-state index < -0.39 is 0 Å². The van der Waals surface area contributed by atoms with Crippen molar-refractivity contribution in [3.8, 4) is 0 Å². The molecule has 6 nitrogen and oxygen atoms in total. The van der Waals surface area contributed by atoms with Crippen molar-refractivity contribution in [3.05, 3.63) is 54.1 Å². The lowest BCUT2D eigenvalue weighted by Gasteiger charge is -2.08. The molecule has 0 atom stereocenters. The van der Waals surface area contributed by atoms with E-state index >= 15 is 0 Å². The predicted molar refractivity (Wildman–Crippen MR) is 83.5 cm³/mol. The largest absolute Gasteiger partial charge is 0.462 e. The van der Waals surface area contributed by atoms with E-state index in [4.69, 9.17) is 4.74 Å². The Balaban J connectivity index is 1.68. The van der Waals surface area contributed by atoms with Crippen LogP contribution in [0.1, 0.15) is 17.3 Å². The Kier molecular flexibility index (Phi) is 4.00. The number of carbonyl (C=O) groups excluding carboxylic acids is 1. The highest BCUT2D eigenvalue weighted by Crippen LogP contribution is 2.13. The molecule has 0 spiro atoms. The molecule has 2 aromatic carbocycles. The summed E-state index contributed by atoms with van der Waals surface area (Å²) in [6.07, 6.45) is 0. The Morgan fingerprint density at radius 2 is 1.95 bits per heavy atom. The minimum Gasteiger partial charge on any atom is -0.462 e. The zero-order chi connectivity index (χ0) is 15.4. The van der Waals surface area contributed by atoms with E-state index in [2.05, 4.69) is 15.6 Å². The molecule has 3 rings (SSSR count). The molecular formula is C16H16N4O2. The minimum absolute atomic E-state index is 0.309. The van der Waals surface area contributed by atoms with Crippen molar-refractivity contribution in [2.45, 2.75) is 13.6 Å². The molecule has 0 saturated heterocycles. The van der Waals surface area contributed by atoms with E-state index in [1.54, 1.807) is 23.7 Å². The topological polar surface area (TPSA) is 69.0 Å². The molecule has 0 amide bonds. The maximum Gasteiger partial charge on any atom is 0.338 e. The third-order valence-corrected chi connectivity index (χ3v) is 3.25. The Labute approximate surface area is 127 Å². The summed E-state index contributed by atoms with van der Waals surface area (Å²) in [5.41, 5.74) is 3.27. The first kappa shape index (κ1) is 14.1. The van der Waals surface area contributed by atoms with E-state index in [1.807, 2.05) is 36.4 Å². The van der Waals surface area contributed by atoms with Crippen LogP contribution >= 0.6 is 0 Å². The molecule has 0 fully saturated rings. The number of benzene rings is 2. The number of carbonyl (C=O) groups is 1. The quantitative estimate of drug-likeness (QED) is 0.733. The number of rotatable bonds is 5. The van der Waals surface area contributed by atoms with Gasteiger partial charge in [-0.1, -0.05) is 17.3 Å². The van der Waals surface area contributed by atoms with Crippen molar-refractivity contribution in [3.63, 3.8) is 0 Å². The van der Waals surface area contributed by atoms with Crippen molar-refractivity contribution >= 4 is 22.7 Å². The van der Waals surface area contributed by atoms with Crippen LogP contribution in [0.3, 0.4) is 0 Å². The average molecular weight is 296 g/mol. The van der Waals surface area contributed by atoms with Gasteiger partial charge in [-0.05, 0) is 43.3 Å². The first-order valence-electron chi connectivity index (χ1n) is 7.07. The van der Waals surface area contributed by atoms with Crippen LogP contribution in [0.25, 0.3) is 11.0 Å². The van der Waals surface area contributed by atoms with Crippen LogP contribution in [0.15, 0.2) is 48.5 Å². The average Bonchev–Trinajstić information content (AvgIpc) is 2.97. The van der Waals surface area contributed by atoms with Crippen LogP contribution in [0, 0.1) is 0 Å². The number of para-hydroxylation sites is 1. The summed E-state index contributed by atoms with van der Waals surface area (Å²) in [5.74, 6) is -0.309. The van der Waals surface area contributed by atoms with Gasteiger partial charge in [0.05, 0.1) is 17.7 Å². The molecule has 112 valence electrons. The van der Waals surface area contributed by atoms with Crippen molar-refractivity contribution in [2.24, 2.45) is 0 Å². The minimum atomic E-state index is -0.309. The third kappa shape index (κ3) is 2.90. The molecule has 0 aliphatic rings. The number of anilines is 1. The molecule has 1 N–H and O–H groups in total. The maximum absolute atomic E-state index is 11.6. The molecule has 22 heavy (non-hydrogen) atoms. The Morgan fingerprint density at radius 3 is 2.73 bits per heavy atom. The standard InChI is InChI=1S/C16H16N4O2/c1-2-22-16(21)12-7-9-13(10-8-12)17-11-20-15-6-4-3-5-14(15)18-19-20/h3-10,17H,2,11H2,1H3. The number of fused-ring (bicyclic) bond motifs is 1. The number of nitrogens with one attached hydrogen (secondary N) is 1. The second-order valence-corrected chi connectivity index (χ2v) is 4.71. The summed E-state index contributed by atoms with van der Waals surface area (Å²) in [6.45, 7) is 2.66. The van der Waals surface area contributed by atoms with Crippen molar-refractivity contribution in [1.29, 1.82) is 0 Å². The van der Waals surface area contributed by atoms with Crippen LogP contribution in [-0.4, -0.2) is 27.6 Å². The summed E-state index contributed by atoms with van der Waals surface area (Å²) >= 11 is 0. The fourth-order valence-electron chi connectivity index (χ4n) is 2.14. The van der Waals surface area contributed by atoms with Gasteiger partial charge in [0.15, 0.2) is 0 Å². The van der Waals surface area contributed by atoms with Gasteiger partial charge in [-0.3, -0.25) is 0 Å². The highest BCUT2D eigenvalue weighted by molar-refractivity contribution is 5.89. The molecule has 1 aromatic heterocycles. The molecule has 0 saturated carbocycles. The van der Waals surface area contributed by atoms with E-state index in [-0.39, 0.29) is 5.97 Å². The second kappa shape index (κ2) is 6.26. The first-order chi connectivity index (χ1) is 10.8. The fourth-order valence-corrected chi connectivity index (χ4v) is 2.14. The molecule has 0 aliphatic carbocycles. The van der Waals surface area contributed by atoms with Crippen LogP contribution in [0.2, 0.25) is 0 Å². The molecular weight excluding hydrogens is 280 g/mol. The molecule has 6 heteroatoms. The fraction of sp³-hybridized carbons (Fsp3) is 0.188. The smallest absolute Gasteiger partial charge is 0.338 e. The molecule has 3 aromatic rings. The Bertz CT molecular complexity index is 780. The third-order valence-electron chi connectivity index (χ3n) is 3.25. The second-order valence-electron chi connectivity index (χ2n) is 4.71. The molecule has 0 bridgehead atoms. The monoisotopic (exact) mass is 296 g/mol. The number of hydrogen-bond acceptors (Lipinski definition) is 5. The van der Waals surface area contributed by atoms with Gasteiger partial charge in [-0.25, -0.2) is 9.48 Å². The lowest BCUT2D eigenvalue weighted by atomic mass is 10.2. The number of esters is 1. The highest BCUT2D eigenvalue weighted by atomic mass is 16.5. The molecule has 1 heterocycles. The van der Waals surface area contributed by atoms with E-state index in [9.17, 15) is 4.79 Å². The SMILES string of the molecule is CCOC(=O)c1ccc(NCn2nnc3ccccc32)cc1. The van der Waals surface area contributed by atoms with E-state index in [0.29, 0.717) is 18.8 Å². The van der Waals surface area contributed by atoms with E-state index in [1.165, 1.54) is 0 Å². The normalized spacial score (nSPS) is 10.6. The number of nitrogens with zero attached hydrogens (tertiary/aromatic N) is 3. The van der Waals surface area contributed by atoms with Gasteiger partial charge in [-0.2, -0.15) is 0 Å². The van der Waals surface area contributed by atoms with Crippen molar-refractivity contribution in [1.82, 2.24) is 15.0 Å². The van der Waals surface area contributed by atoms with Crippen molar-refractivity contribution < 1.29 is 9.53 Å². The summed E-state index contributed by atoms with van der Waals surface area (Å²) in [5, 5.41) is 11.5. The lowest BCUT2D eigenvalue weighted by Crippen LogP contribution is -2.10. The van der Waals surface area contributed by atoms with Gasteiger partial charge in [0, 0.05) is 5.69 Å². The Hall–Kier alpha value is -2.89. The summed E-state index contributed by atoms with van der Waals surface area (Å²) in [7, 11) is 0. The maximum atomic E-state index is 11.6. The Morgan fingerprint density at radius 1 is 1.18 bits per heavy atom. The van der Waals surface area contributed by atoms with Crippen LogP contribution < -0.4 is 5.32 Å². The van der Waals surface area contributed by atoms with Gasteiger partial charge in [0.2, 0.25) is 0 Å². The van der Waals surface area contributed by atoms with E-state index in [0.717, 1.165) is 16.7 Å². The van der Waals surface area contributed by atoms with Crippen LogP contribution in [0.5, 0.6) is 0 Å². The molecule has 0 unspecified atom stereocenters. The zero-order valence-corrected chi connectivity index (χ0v) is 12.2. The van der Waals surface area contributed by atoms with Gasteiger partial charge < -0.3 is 10.1 Å². The van der Waals surface area contributed by atoms with Crippen LogP contribution in [-0.2, 0) is 11.4 Å². The molecule has 0 radical (unpaired) electrons. The van der Waals surface area contributed by atoms with Gasteiger partial charge in [0.1, 0.15) is 12.2 Å². The summed E-state index contributed by atoms with van der Waals surface area (Å²) < 4.78 is 6.74. The first-order valence-corrected chi connectivity index (χ1v) is 7.07. The van der Waals surface area contributed by atoms with Gasteiger partial charge in [0.25, 0.3) is 0 Å². The lowest BCUT2D eigenvalue weighted by molar-refractivity contribution is 0.0526. The highest BCUT2D eigenvalue weighted by Gasteiger charge is 2.06. The zero-order valence-electron chi connectivity index (χ0n) is 12.2. The number of hydrogen-bond donors (Lipinski definition) is 1.